The normalized spacial score (nSPS) is 9.76. The van der Waals surface area contributed by atoms with Gasteiger partial charge in [0.25, 0.3) is 11.8 Å². The van der Waals surface area contributed by atoms with E-state index in [-0.39, 0.29) is 34.3 Å². The minimum absolute atomic E-state index is 0.115. The Bertz CT molecular complexity index is 1630. The van der Waals surface area contributed by atoms with Crippen LogP contribution in [0.3, 0.4) is 0 Å². The van der Waals surface area contributed by atoms with E-state index in [0.717, 1.165) is 36.9 Å². The molecule has 0 aliphatic rings. The molecule has 10 nitrogen and oxygen atoms in total. The van der Waals surface area contributed by atoms with Crippen LogP contribution in [0.4, 0.5) is 21.5 Å². The van der Waals surface area contributed by atoms with Crippen LogP contribution in [0.5, 0.6) is 0 Å². The molecule has 6 N–H and O–H groups in total. The van der Waals surface area contributed by atoms with Gasteiger partial charge < -0.3 is 21.3 Å². The molecule has 0 aliphatic heterocycles. The van der Waals surface area contributed by atoms with E-state index in [4.69, 9.17) is 10.8 Å². The molecule has 262 valence electrons. The van der Waals surface area contributed by atoms with Crippen molar-refractivity contribution in [1.29, 1.82) is 10.8 Å². The van der Waals surface area contributed by atoms with Crippen LogP contribution >= 0.6 is 0 Å². The van der Waals surface area contributed by atoms with Crippen LogP contribution in [0.1, 0.15) is 74.9 Å². The number of hydrogen-bond donors (Lipinski definition) is 6. The number of benzene rings is 3. The Balaban J connectivity index is 0.00000227. The summed E-state index contributed by atoms with van der Waals surface area (Å²) in [6, 6.07) is 14.1. The first-order valence-electron chi connectivity index (χ1n) is 16.4. The van der Waals surface area contributed by atoms with Gasteiger partial charge in [-0.25, -0.2) is 4.39 Å². The first kappa shape index (κ1) is 41.7. The zero-order chi connectivity index (χ0) is 36.9. The maximum Gasteiger partial charge on any atom is 0.274 e. The third kappa shape index (κ3) is 11.7. The molecule has 0 saturated carbocycles. The van der Waals surface area contributed by atoms with Gasteiger partial charge in [0.05, 0.1) is 17.6 Å². The molecule has 0 spiro atoms. The van der Waals surface area contributed by atoms with E-state index in [1.807, 2.05) is 27.9 Å². The molecule has 3 aromatic carbocycles. The number of halogens is 1. The summed E-state index contributed by atoms with van der Waals surface area (Å²) in [5.74, 6) is 4.62. The highest BCUT2D eigenvalue weighted by Gasteiger charge is 2.24. The van der Waals surface area contributed by atoms with Gasteiger partial charge in [0.2, 0.25) is 6.41 Å². The van der Waals surface area contributed by atoms with Crippen LogP contribution in [0.25, 0.3) is 11.1 Å². The number of hydrogen-bond acceptors (Lipinski definition) is 7. The van der Waals surface area contributed by atoms with E-state index in [1.165, 1.54) is 13.1 Å². The topological polar surface area (TPSA) is 150 Å². The first-order valence-corrected chi connectivity index (χ1v) is 16.4. The summed E-state index contributed by atoms with van der Waals surface area (Å²) in [4.78, 5) is 37.8. The maximum atomic E-state index is 16.4. The molecule has 0 atom stereocenters. The summed E-state index contributed by atoms with van der Waals surface area (Å²) in [6.45, 7) is 8.18. The average Bonchev–Trinajstić information content (AvgIpc) is 3.12. The van der Waals surface area contributed by atoms with Crippen molar-refractivity contribution in [3.05, 3.63) is 77.1 Å². The number of carbonyl (C=O) groups excluding carboxylic acids is 3. The zero-order valence-corrected chi connectivity index (χ0v) is 29.8. The Morgan fingerprint density at radius 2 is 1.59 bits per heavy atom. The second kappa shape index (κ2) is 22.3. The lowest BCUT2D eigenvalue weighted by Crippen LogP contribution is -2.25. The van der Waals surface area contributed by atoms with Crippen LogP contribution in [0.2, 0.25) is 0 Å². The van der Waals surface area contributed by atoms with E-state index in [1.54, 1.807) is 55.6 Å². The third-order valence-electron chi connectivity index (χ3n) is 7.03. The highest BCUT2D eigenvalue weighted by Crippen LogP contribution is 2.34. The van der Waals surface area contributed by atoms with Crippen molar-refractivity contribution in [2.24, 2.45) is 5.92 Å². The SMILES string of the molecule is CC.CCCC(C#Cc1cc(N(C=N)C=O)ccc1-c1ccc(NC)c(C(=N)C(=O)Nc2cccc(C(=O)NC)c2)c1F)CCC.CNC. The van der Waals surface area contributed by atoms with Gasteiger partial charge in [0.1, 0.15) is 11.5 Å². The van der Waals surface area contributed by atoms with Gasteiger partial charge in [-0.1, -0.05) is 64.5 Å². The van der Waals surface area contributed by atoms with Crippen LogP contribution in [0.15, 0.2) is 54.6 Å². The van der Waals surface area contributed by atoms with Crippen molar-refractivity contribution in [3.8, 4) is 23.0 Å². The van der Waals surface area contributed by atoms with Crippen LogP contribution < -0.4 is 26.2 Å². The molecule has 0 radical (unpaired) electrons. The van der Waals surface area contributed by atoms with Gasteiger partial charge in [-0.3, -0.25) is 30.1 Å². The quantitative estimate of drug-likeness (QED) is 0.0506. The van der Waals surface area contributed by atoms with Crippen molar-refractivity contribution >= 4 is 47.3 Å². The molecule has 49 heavy (non-hydrogen) atoms. The molecule has 0 bridgehead atoms. The van der Waals surface area contributed by atoms with Gasteiger partial charge in [0, 0.05) is 53.6 Å². The lowest BCUT2D eigenvalue weighted by Gasteiger charge is -2.17. The Morgan fingerprint density at radius 3 is 2.14 bits per heavy atom. The summed E-state index contributed by atoms with van der Waals surface area (Å²) in [6.07, 6.45) is 5.11. The van der Waals surface area contributed by atoms with Gasteiger partial charge in [-0.05, 0) is 69.4 Å². The largest absolute Gasteiger partial charge is 0.387 e. The van der Waals surface area contributed by atoms with E-state index < -0.39 is 17.4 Å². The van der Waals surface area contributed by atoms with E-state index in [9.17, 15) is 14.4 Å². The van der Waals surface area contributed by atoms with Gasteiger partial charge in [-0.15, -0.1) is 0 Å². The summed E-state index contributed by atoms with van der Waals surface area (Å²) in [5, 5.41) is 26.9. The molecule has 0 unspecified atom stereocenters. The molecule has 0 aromatic heterocycles. The molecular formula is C38H50FN7O3. The number of anilines is 3. The van der Waals surface area contributed by atoms with Crippen molar-refractivity contribution in [2.75, 3.05) is 43.7 Å². The number of nitrogens with zero attached hydrogens (tertiary/aromatic N) is 1. The molecule has 0 heterocycles. The smallest absolute Gasteiger partial charge is 0.274 e. The molecule has 3 amide bonds. The summed E-state index contributed by atoms with van der Waals surface area (Å²) in [7, 11) is 6.80. The summed E-state index contributed by atoms with van der Waals surface area (Å²) < 4.78 is 16.4. The van der Waals surface area contributed by atoms with Gasteiger partial charge in [0.15, 0.2) is 0 Å². The van der Waals surface area contributed by atoms with Crippen molar-refractivity contribution in [2.45, 2.75) is 53.4 Å². The maximum absolute atomic E-state index is 16.4. The van der Waals surface area contributed by atoms with Crippen LogP contribution in [-0.4, -0.2) is 58.5 Å². The number of rotatable bonds is 13. The van der Waals surface area contributed by atoms with Gasteiger partial charge >= 0.3 is 0 Å². The van der Waals surface area contributed by atoms with Crippen molar-refractivity contribution in [1.82, 2.24) is 10.6 Å². The lowest BCUT2D eigenvalue weighted by molar-refractivity contribution is -0.110. The molecule has 0 saturated heterocycles. The second-order valence-electron chi connectivity index (χ2n) is 10.5. The zero-order valence-electron chi connectivity index (χ0n) is 29.8. The molecule has 11 heteroatoms. The predicted molar refractivity (Wildman–Crippen MR) is 201 cm³/mol. The van der Waals surface area contributed by atoms with Crippen LogP contribution in [0, 0.1) is 34.4 Å². The standard InChI is InChI=1S/C34H37FN6O3.C2H7N.C2H6/c1-5-8-22(9-6-2)12-13-23-19-26(41(20-36)21-42)14-15-27(23)28-16-17-29(38-3)30(31(28)35)32(37)34(44)40-25-11-7-10-24(18-25)33(43)39-4;1-3-2;1-2/h7,10-11,14-22,36-38H,5-6,8-9H2,1-4H3,(H,39,43)(H,40,44);3H,1-2H3;1-2H3. The first-order chi connectivity index (χ1) is 23.6. The van der Waals surface area contributed by atoms with Crippen LogP contribution in [-0.2, 0) is 9.59 Å². The average molecular weight is 672 g/mol. The monoisotopic (exact) mass is 671 g/mol. The predicted octanol–water partition coefficient (Wildman–Crippen LogP) is 6.90. The minimum atomic E-state index is -0.864. The molecule has 0 aliphatic carbocycles. The number of amides is 3. The Morgan fingerprint density at radius 1 is 0.959 bits per heavy atom. The van der Waals surface area contributed by atoms with E-state index in [0.29, 0.717) is 28.8 Å². The highest BCUT2D eigenvalue weighted by atomic mass is 19.1. The molecule has 3 rings (SSSR count). The Labute approximate surface area is 290 Å². The Hall–Kier alpha value is -5.34. The molecular weight excluding hydrogens is 621 g/mol. The highest BCUT2D eigenvalue weighted by molar-refractivity contribution is 6.48. The fourth-order valence-electron chi connectivity index (χ4n) is 4.79. The fraction of sp³-hybridized carbons (Fsp3) is 0.342. The third-order valence-corrected chi connectivity index (χ3v) is 7.03. The summed E-state index contributed by atoms with van der Waals surface area (Å²) in [5.41, 5.74) is 1.33. The molecule has 3 aromatic rings. The lowest BCUT2D eigenvalue weighted by atomic mass is 9.93. The minimum Gasteiger partial charge on any atom is -0.387 e. The second-order valence-corrected chi connectivity index (χ2v) is 10.5. The number of carbonyl (C=O) groups is 3. The summed E-state index contributed by atoms with van der Waals surface area (Å²) >= 11 is 0. The van der Waals surface area contributed by atoms with Crippen molar-refractivity contribution in [3.63, 3.8) is 0 Å². The molecule has 0 fully saturated rings. The van der Waals surface area contributed by atoms with Crippen molar-refractivity contribution < 1.29 is 18.8 Å². The van der Waals surface area contributed by atoms with Gasteiger partial charge in [-0.2, -0.15) is 0 Å². The van der Waals surface area contributed by atoms with E-state index >= 15 is 4.39 Å². The fourth-order valence-corrected chi connectivity index (χ4v) is 4.79. The Kier molecular flexibility index (Phi) is 18.9. The number of nitrogens with one attached hydrogen (secondary N) is 6. The van der Waals surface area contributed by atoms with E-state index in [2.05, 4.69) is 47.0 Å².